The van der Waals surface area contributed by atoms with Crippen molar-refractivity contribution in [1.29, 1.82) is 0 Å². The van der Waals surface area contributed by atoms with Gasteiger partial charge in [0, 0.05) is 35.1 Å². The second-order valence-electron chi connectivity index (χ2n) is 27.6. The zero-order valence-corrected chi connectivity index (χ0v) is 54.8. The second-order valence-corrected chi connectivity index (χ2v) is 28.5. The van der Waals surface area contributed by atoms with Crippen molar-refractivity contribution in [3.05, 3.63) is 57.6 Å². The van der Waals surface area contributed by atoms with Crippen molar-refractivity contribution < 1.29 is 37.4 Å². The highest BCUT2D eigenvalue weighted by Crippen LogP contribution is 2.52. The molecule has 0 radical (unpaired) electrons. The smallest absolute Gasteiger partial charge is 0.466 e. The molecule has 2 aromatic carbocycles. The normalized spacial score (nSPS) is 12.4. The molecule has 0 spiro atoms. The molecule has 0 aliphatic carbocycles. The largest absolute Gasteiger partial charge is 0.497 e. The first-order valence-corrected chi connectivity index (χ1v) is 33.7. The van der Waals surface area contributed by atoms with E-state index in [1.165, 1.54) is 180 Å². The van der Waals surface area contributed by atoms with E-state index in [9.17, 15) is 9.59 Å². The van der Waals surface area contributed by atoms with Gasteiger partial charge in [-0.2, -0.15) is 0 Å². The Labute approximate surface area is 487 Å². The first-order chi connectivity index (χ1) is 37.5. The molecule has 9 heteroatoms. The van der Waals surface area contributed by atoms with Crippen molar-refractivity contribution in [2.24, 2.45) is 0 Å². The fourth-order valence-corrected chi connectivity index (χ4v) is 11.4. The van der Waals surface area contributed by atoms with Gasteiger partial charge in [-0.25, -0.2) is 0 Å². The number of aryl methyl sites for hydroxylation is 2. The van der Waals surface area contributed by atoms with Gasteiger partial charge < -0.3 is 18.5 Å². The molecule has 7 nitrogen and oxygen atoms in total. The van der Waals surface area contributed by atoms with Crippen LogP contribution >= 0.6 is 8.60 Å². The van der Waals surface area contributed by atoms with Gasteiger partial charge in [0.2, 0.25) is 0 Å². The molecular formula is C70H122FO7P. The quantitative estimate of drug-likeness (QED) is 0.0371. The number of esters is 2. The molecular weight excluding hydrogens is 1000 g/mol. The topological polar surface area (TPSA) is 80.3 Å². The molecule has 0 amide bonds. The molecule has 0 fully saturated rings. The first-order valence-electron chi connectivity index (χ1n) is 32.6. The average Bonchev–Trinajstić information content (AvgIpc) is 3.47. The fourth-order valence-electron chi connectivity index (χ4n) is 10.6. The average molecular weight is 1130 g/mol. The van der Waals surface area contributed by atoms with E-state index in [1.807, 2.05) is 0 Å². The fraction of sp³-hybridized carbons (Fsp3) is 0.800. The number of ether oxygens (including phenoxy) is 2. The minimum atomic E-state index is -2.58. The lowest BCUT2D eigenvalue weighted by Gasteiger charge is -2.33. The van der Waals surface area contributed by atoms with Crippen molar-refractivity contribution in [3.63, 3.8) is 0 Å². The number of carbonyl (C=O) groups excluding carboxylic acids is 2. The van der Waals surface area contributed by atoms with Crippen molar-refractivity contribution in [2.75, 3.05) is 13.2 Å². The highest BCUT2D eigenvalue weighted by Gasteiger charge is 2.35. The summed E-state index contributed by atoms with van der Waals surface area (Å²) in [5.74, 6) is 0.690. The van der Waals surface area contributed by atoms with Gasteiger partial charge in [-0.3, -0.25) is 9.59 Å². The molecule has 0 aromatic heterocycles. The lowest BCUT2D eigenvalue weighted by Crippen LogP contribution is -2.22. The van der Waals surface area contributed by atoms with Crippen LogP contribution in [0.25, 0.3) is 0 Å². The van der Waals surface area contributed by atoms with E-state index < -0.39 is 30.3 Å². The van der Waals surface area contributed by atoms with Gasteiger partial charge in [0.15, 0.2) is 0 Å². The lowest BCUT2D eigenvalue weighted by molar-refractivity contribution is -0.144. The van der Waals surface area contributed by atoms with E-state index >= 15 is 4.53 Å². The summed E-state index contributed by atoms with van der Waals surface area (Å²) in [4.78, 5) is 26.1. The van der Waals surface area contributed by atoms with Crippen LogP contribution < -0.4 is 9.05 Å². The van der Waals surface area contributed by atoms with E-state index in [4.69, 9.17) is 18.5 Å². The third kappa shape index (κ3) is 32.7. The van der Waals surface area contributed by atoms with Crippen LogP contribution in [0.1, 0.15) is 349 Å². The van der Waals surface area contributed by atoms with Crippen LogP contribution in [0.15, 0.2) is 24.3 Å². The summed E-state index contributed by atoms with van der Waals surface area (Å²) in [5, 5.41) is 0. The van der Waals surface area contributed by atoms with Gasteiger partial charge in [-0.1, -0.05) is 319 Å². The monoisotopic (exact) mass is 1120 g/mol. The minimum Gasteiger partial charge on any atom is -0.466 e. The van der Waals surface area contributed by atoms with Crippen molar-refractivity contribution >= 4 is 20.5 Å². The summed E-state index contributed by atoms with van der Waals surface area (Å²) < 4.78 is 44.5. The van der Waals surface area contributed by atoms with E-state index in [0.717, 1.165) is 59.1 Å². The Morgan fingerprint density at radius 1 is 0.367 bits per heavy atom. The summed E-state index contributed by atoms with van der Waals surface area (Å²) in [6.45, 7) is 30.8. The number of hydrogen-bond acceptors (Lipinski definition) is 7. The molecule has 0 aliphatic heterocycles. The standard InChI is InChI=1S/C70H122FO7P/c1-15-17-19-21-23-25-27-29-31-33-35-37-39-41-43-45-51-74-63(72)49-47-57-53-59(67(3,4)5)65(60(54-57)68(6,7)8)76-79(78-71)77-66-61(69(9,10)11)55-58(56-62(66)70(12,13)14)48-50-64(73)75-52-46-44-42-40-38-36-34-32-30-28-26-24-22-20-18-16-2/h53-56H,15-52H2,1-14H3. The molecule has 2 rings (SSSR count). The van der Waals surface area contributed by atoms with Gasteiger partial charge in [-0.15, -0.1) is 0 Å². The van der Waals surface area contributed by atoms with E-state index in [-0.39, 0.29) is 24.8 Å². The maximum Gasteiger partial charge on any atom is 0.497 e. The SMILES string of the molecule is CCCCCCCCCCCCCCCCCCOC(=O)CCc1cc(C(C)(C)C)c(OP(OF)Oc2c(C(C)(C)C)cc(CCC(=O)OCCCCCCCCCCCCCCCCCC)cc2C(C)(C)C)c(C(C)(C)C)c1. The van der Waals surface area contributed by atoms with Crippen molar-refractivity contribution in [3.8, 4) is 11.5 Å². The Morgan fingerprint density at radius 3 is 0.785 bits per heavy atom. The van der Waals surface area contributed by atoms with Gasteiger partial charge >= 0.3 is 20.5 Å². The molecule has 0 N–H and O–H groups in total. The predicted octanol–water partition coefficient (Wildman–Crippen LogP) is 22.9. The lowest BCUT2D eigenvalue weighted by atomic mass is 9.78. The van der Waals surface area contributed by atoms with E-state index in [1.54, 1.807) is 0 Å². The zero-order valence-electron chi connectivity index (χ0n) is 53.9. The number of rotatable bonds is 45. The van der Waals surface area contributed by atoms with Crippen LogP contribution in [0.2, 0.25) is 0 Å². The molecule has 79 heavy (non-hydrogen) atoms. The third-order valence-corrected chi connectivity index (χ3v) is 16.5. The van der Waals surface area contributed by atoms with Crippen LogP contribution in [-0.2, 0) is 58.3 Å². The molecule has 0 saturated carbocycles. The maximum absolute atomic E-state index is 15.1. The van der Waals surface area contributed by atoms with Crippen molar-refractivity contribution in [1.82, 2.24) is 0 Å². The number of halogens is 1. The molecule has 2 aromatic rings. The number of unbranched alkanes of at least 4 members (excludes halogenated alkanes) is 30. The highest BCUT2D eigenvalue weighted by atomic mass is 31.2. The molecule has 0 bridgehead atoms. The number of carbonyl (C=O) groups is 2. The number of benzene rings is 2. The summed E-state index contributed by atoms with van der Waals surface area (Å²) in [5.41, 5.74) is 3.91. The second kappa shape index (κ2) is 40.5. The van der Waals surface area contributed by atoms with Crippen LogP contribution in [-0.4, -0.2) is 25.2 Å². The van der Waals surface area contributed by atoms with Gasteiger partial charge in [0.1, 0.15) is 11.5 Å². The predicted molar refractivity (Wildman–Crippen MR) is 336 cm³/mol. The zero-order chi connectivity index (χ0) is 58.6. The molecule has 456 valence electrons. The number of hydrogen-bond donors (Lipinski definition) is 0. The first kappa shape index (κ1) is 72.4. The Hall–Kier alpha value is -2.70. The molecule has 0 heterocycles. The Morgan fingerprint density at radius 2 is 0.582 bits per heavy atom. The Bertz CT molecular complexity index is 1710. The summed E-state index contributed by atoms with van der Waals surface area (Å²) in [7, 11) is -2.58. The molecule has 0 unspecified atom stereocenters. The van der Waals surface area contributed by atoms with Crippen LogP contribution in [0.3, 0.4) is 0 Å². The molecule has 0 aliphatic rings. The van der Waals surface area contributed by atoms with Crippen molar-refractivity contribution in [2.45, 2.75) is 350 Å². The van der Waals surface area contributed by atoms with Gasteiger partial charge in [0.25, 0.3) is 0 Å². The third-order valence-electron chi connectivity index (χ3n) is 15.7. The van der Waals surface area contributed by atoms with E-state index in [0.29, 0.717) is 37.6 Å². The highest BCUT2D eigenvalue weighted by molar-refractivity contribution is 7.42. The van der Waals surface area contributed by atoms with Crippen LogP contribution in [0.4, 0.5) is 4.53 Å². The summed E-state index contributed by atoms with van der Waals surface area (Å²) in [6, 6.07) is 8.34. The summed E-state index contributed by atoms with van der Waals surface area (Å²) >= 11 is 0. The molecule has 0 atom stereocenters. The summed E-state index contributed by atoms with van der Waals surface area (Å²) in [6.07, 6.45) is 43.4. The Kier molecular flexibility index (Phi) is 37.1. The minimum absolute atomic E-state index is 0.186. The van der Waals surface area contributed by atoms with Gasteiger partial charge in [0.05, 0.1) is 13.2 Å². The van der Waals surface area contributed by atoms with Crippen LogP contribution in [0, 0.1) is 0 Å². The Balaban J connectivity index is 2.00. The van der Waals surface area contributed by atoms with Crippen LogP contribution in [0.5, 0.6) is 11.5 Å². The maximum atomic E-state index is 15.1. The van der Waals surface area contributed by atoms with Gasteiger partial charge in [-0.05, 0) is 63.0 Å². The van der Waals surface area contributed by atoms with E-state index in [2.05, 4.69) is 126 Å². The molecule has 0 saturated heterocycles.